The van der Waals surface area contributed by atoms with Crippen LogP contribution in [-0.2, 0) is 0 Å². The fourth-order valence-corrected chi connectivity index (χ4v) is 1.45. The topological polar surface area (TPSA) is 0 Å². The molecular weight excluding hydrogens is 211 g/mol. The SMILES string of the molecule is C=c1ccc(/C=C\C)c(C)c(=C)ccc(F)c1. The van der Waals surface area contributed by atoms with Gasteiger partial charge in [0, 0.05) is 0 Å². The van der Waals surface area contributed by atoms with Crippen LogP contribution in [0.2, 0.25) is 0 Å². The fourth-order valence-electron chi connectivity index (χ4n) is 1.45. The maximum atomic E-state index is 13.3. The van der Waals surface area contributed by atoms with Crippen LogP contribution in [0.4, 0.5) is 4.39 Å². The molecule has 0 atom stereocenters. The molecule has 0 N–H and O–H groups in total. The van der Waals surface area contributed by atoms with Crippen molar-refractivity contribution < 1.29 is 4.39 Å². The second-order valence-corrected chi connectivity index (χ2v) is 3.88. The molecule has 0 aliphatic carbocycles. The Morgan fingerprint density at radius 3 is 2.47 bits per heavy atom. The van der Waals surface area contributed by atoms with Crippen molar-refractivity contribution in [2.45, 2.75) is 13.8 Å². The van der Waals surface area contributed by atoms with Crippen LogP contribution in [0.1, 0.15) is 18.1 Å². The molecule has 0 saturated carbocycles. The maximum absolute atomic E-state index is 13.3. The Morgan fingerprint density at radius 2 is 1.82 bits per heavy atom. The highest BCUT2D eigenvalue weighted by molar-refractivity contribution is 5.52. The van der Waals surface area contributed by atoms with Crippen molar-refractivity contribution in [2.24, 2.45) is 0 Å². The smallest absolute Gasteiger partial charge is 0.123 e. The van der Waals surface area contributed by atoms with Crippen LogP contribution >= 0.6 is 0 Å². The molecule has 0 heterocycles. The van der Waals surface area contributed by atoms with Gasteiger partial charge >= 0.3 is 0 Å². The number of hydrogen-bond donors (Lipinski definition) is 0. The van der Waals surface area contributed by atoms with Gasteiger partial charge in [0.25, 0.3) is 0 Å². The minimum Gasteiger partial charge on any atom is -0.207 e. The monoisotopic (exact) mass is 228 g/mol. The fraction of sp³-hybridized carbons (Fsp3) is 0.125. The van der Waals surface area contributed by atoms with E-state index in [1.807, 2.05) is 32.1 Å². The van der Waals surface area contributed by atoms with Gasteiger partial charge in [-0.2, -0.15) is 0 Å². The molecule has 1 aromatic carbocycles. The van der Waals surface area contributed by atoms with E-state index in [1.165, 1.54) is 12.1 Å². The Labute approximate surface area is 102 Å². The minimum atomic E-state index is -0.317. The lowest BCUT2D eigenvalue weighted by molar-refractivity contribution is 0.628. The van der Waals surface area contributed by atoms with E-state index in [2.05, 4.69) is 13.2 Å². The lowest BCUT2D eigenvalue weighted by atomic mass is 10.1. The van der Waals surface area contributed by atoms with E-state index in [-0.39, 0.29) is 5.82 Å². The predicted molar refractivity (Wildman–Crippen MR) is 73.8 cm³/mol. The van der Waals surface area contributed by atoms with Crippen LogP contribution in [0, 0.1) is 12.7 Å². The van der Waals surface area contributed by atoms with E-state index in [4.69, 9.17) is 0 Å². The van der Waals surface area contributed by atoms with Crippen molar-refractivity contribution >= 4 is 19.2 Å². The van der Waals surface area contributed by atoms with E-state index < -0.39 is 0 Å². The first kappa shape index (κ1) is 13.2. The second-order valence-electron chi connectivity index (χ2n) is 3.88. The molecule has 0 aliphatic heterocycles. The quantitative estimate of drug-likeness (QED) is 0.693. The van der Waals surface area contributed by atoms with Gasteiger partial charge in [-0.05, 0) is 47.5 Å². The third-order valence-corrected chi connectivity index (χ3v) is 2.50. The van der Waals surface area contributed by atoms with Gasteiger partial charge in [-0.15, -0.1) is 0 Å². The predicted octanol–water partition coefficient (Wildman–Crippen LogP) is 3.11. The summed E-state index contributed by atoms with van der Waals surface area (Å²) in [6.45, 7) is 11.6. The highest BCUT2D eigenvalue weighted by Gasteiger charge is 1.90. The summed E-state index contributed by atoms with van der Waals surface area (Å²) in [6, 6.07) is 8.20. The second kappa shape index (κ2) is 6.00. The van der Waals surface area contributed by atoms with Crippen LogP contribution in [0.25, 0.3) is 19.2 Å². The zero-order valence-corrected chi connectivity index (χ0v) is 10.3. The van der Waals surface area contributed by atoms with Crippen molar-refractivity contribution in [1.29, 1.82) is 0 Å². The van der Waals surface area contributed by atoms with Gasteiger partial charge in [0.1, 0.15) is 5.82 Å². The van der Waals surface area contributed by atoms with Crippen LogP contribution < -0.4 is 10.4 Å². The molecule has 0 aromatic heterocycles. The number of allylic oxidation sites excluding steroid dienone is 1. The summed E-state index contributed by atoms with van der Waals surface area (Å²) in [6.07, 6.45) is 3.96. The zero-order valence-electron chi connectivity index (χ0n) is 10.3. The summed E-state index contributed by atoms with van der Waals surface area (Å²) in [5.74, 6) is -0.317. The molecule has 17 heavy (non-hydrogen) atoms. The Kier molecular flexibility index (Phi) is 4.65. The molecule has 0 bridgehead atoms. The van der Waals surface area contributed by atoms with Crippen molar-refractivity contribution in [3.63, 3.8) is 0 Å². The Bertz CT molecular complexity index is 581. The molecule has 0 nitrogen and oxygen atoms in total. The van der Waals surface area contributed by atoms with Gasteiger partial charge in [-0.25, -0.2) is 4.39 Å². The average Bonchev–Trinajstić information content (AvgIpc) is 2.29. The number of rotatable bonds is 1. The molecule has 88 valence electrons. The molecule has 0 aliphatic rings. The highest BCUT2D eigenvalue weighted by Crippen LogP contribution is 2.02. The van der Waals surface area contributed by atoms with Gasteiger partial charge in [-0.1, -0.05) is 43.5 Å². The molecule has 0 unspecified atom stereocenters. The third-order valence-electron chi connectivity index (χ3n) is 2.50. The first-order valence-electron chi connectivity index (χ1n) is 5.49. The number of hydrogen-bond acceptors (Lipinski definition) is 0. The molecule has 0 fully saturated rings. The van der Waals surface area contributed by atoms with Gasteiger partial charge in [0.15, 0.2) is 0 Å². The average molecular weight is 228 g/mol. The molecule has 1 rings (SSSR count). The van der Waals surface area contributed by atoms with Crippen molar-refractivity contribution in [3.8, 4) is 0 Å². The molecule has 1 aromatic rings. The van der Waals surface area contributed by atoms with Crippen LogP contribution in [-0.4, -0.2) is 0 Å². The van der Waals surface area contributed by atoms with Crippen molar-refractivity contribution in [1.82, 2.24) is 0 Å². The van der Waals surface area contributed by atoms with E-state index in [0.717, 1.165) is 16.3 Å². The molecule has 1 heteroatoms. The number of halogens is 1. The summed E-state index contributed by atoms with van der Waals surface area (Å²) < 4.78 is 13.3. The Hall–Kier alpha value is -1.89. The van der Waals surface area contributed by atoms with E-state index >= 15 is 0 Å². The van der Waals surface area contributed by atoms with Crippen molar-refractivity contribution in [2.75, 3.05) is 0 Å². The van der Waals surface area contributed by atoms with Crippen LogP contribution in [0.3, 0.4) is 0 Å². The Balaban J connectivity index is 3.74. The summed E-state index contributed by atoms with van der Waals surface area (Å²) in [4.78, 5) is 0. The molecule has 0 amide bonds. The standard InChI is InChI=1S/C16H17F/c1-5-6-15-9-7-12(2)11-16(17)10-8-13(3)14(15)4/h5-11H,2-3H2,1,4H3/b6-5-,9-7?,10-8?,15-14?,16-11?. The van der Waals surface area contributed by atoms with Gasteiger partial charge in [-0.3, -0.25) is 0 Å². The van der Waals surface area contributed by atoms with E-state index in [9.17, 15) is 4.39 Å². The van der Waals surface area contributed by atoms with E-state index in [1.54, 1.807) is 12.1 Å². The lowest BCUT2D eigenvalue weighted by Crippen LogP contribution is -2.02. The largest absolute Gasteiger partial charge is 0.207 e. The van der Waals surface area contributed by atoms with Gasteiger partial charge < -0.3 is 0 Å². The molecular formula is C16H17F. The van der Waals surface area contributed by atoms with Crippen LogP contribution in [0.15, 0.2) is 36.4 Å². The van der Waals surface area contributed by atoms with Crippen LogP contribution in [0.5, 0.6) is 0 Å². The molecule has 0 radical (unpaired) electrons. The molecule has 0 saturated heterocycles. The van der Waals surface area contributed by atoms with Crippen molar-refractivity contribution in [3.05, 3.63) is 63.8 Å². The summed E-state index contributed by atoms with van der Waals surface area (Å²) >= 11 is 0. The van der Waals surface area contributed by atoms with E-state index in [0.29, 0.717) is 5.22 Å². The maximum Gasteiger partial charge on any atom is 0.123 e. The third kappa shape index (κ3) is 3.87. The highest BCUT2D eigenvalue weighted by atomic mass is 19.1. The zero-order chi connectivity index (χ0) is 12.8. The van der Waals surface area contributed by atoms with Gasteiger partial charge in [0.05, 0.1) is 0 Å². The first-order chi connectivity index (χ1) is 8.04. The summed E-state index contributed by atoms with van der Waals surface area (Å²) in [7, 11) is 0. The molecule has 0 spiro atoms. The first-order valence-corrected chi connectivity index (χ1v) is 5.49. The normalized spacial score (nSPS) is 10.3. The summed E-state index contributed by atoms with van der Waals surface area (Å²) in [5.41, 5.74) is 2.08. The van der Waals surface area contributed by atoms with Gasteiger partial charge in [0.2, 0.25) is 0 Å². The Morgan fingerprint density at radius 1 is 1.12 bits per heavy atom. The summed E-state index contributed by atoms with van der Waals surface area (Å²) in [5, 5.41) is 1.44. The lowest BCUT2D eigenvalue weighted by Gasteiger charge is -1.96. The minimum absolute atomic E-state index is 0.317.